The molecule has 0 spiro atoms. The zero-order chi connectivity index (χ0) is 18.1. The van der Waals surface area contributed by atoms with Crippen molar-refractivity contribution in [2.75, 3.05) is 33.7 Å². The zero-order valence-corrected chi connectivity index (χ0v) is 16.3. The molecule has 140 valence electrons. The molecule has 2 N–H and O–H groups in total. The Morgan fingerprint density at radius 2 is 2.04 bits per heavy atom. The molecule has 5 heteroatoms. The number of aryl methyl sites for hydroxylation is 1. The highest BCUT2D eigenvalue weighted by molar-refractivity contribution is 5.79. The number of guanidine groups is 1. The molecule has 1 aromatic carbocycles. The lowest BCUT2D eigenvalue weighted by Crippen LogP contribution is -2.40. The minimum atomic E-state index is 0.377. The number of benzene rings is 1. The van der Waals surface area contributed by atoms with Crippen LogP contribution >= 0.6 is 0 Å². The van der Waals surface area contributed by atoms with E-state index in [2.05, 4.69) is 59.6 Å². The summed E-state index contributed by atoms with van der Waals surface area (Å²) >= 11 is 0. The molecule has 2 rings (SSSR count). The maximum atomic E-state index is 6.27. The molecule has 1 saturated carbocycles. The van der Waals surface area contributed by atoms with Gasteiger partial charge in [0.05, 0.1) is 6.10 Å². The molecule has 0 radical (unpaired) electrons. The quantitative estimate of drug-likeness (QED) is 0.561. The fourth-order valence-electron chi connectivity index (χ4n) is 3.03. The molecule has 0 unspecified atom stereocenters. The Labute approximate surface area is 152 Å². The molecule has 0 bridgehead atoms. The second-order valence-electron chi connectivity index (χ2n) is 6.88. The number of hydrogen-bond acceptors (Lipinski definition) is 3. The molecule has 1 fully saturated rings. The van der Waals surface area contributed by atoms with E-state index in [-0.39, 0.29) is 0 Å². The van der Waals surface area contributed by atoms with Crippen LogP contribution in [0.3, 0.4) is 0 Å². The second-order valence-corrected chi connectivity index (χ2v) is 6.88. The maximum absolute atomic E-state index is 6.27. The van der Waals surface area contributed by atoms with E-state index in [1.807, 2.05) is 7.05 Å². The summed E-state index contributed by atoms with van der Waals surface area (Å²) in [7, 11) is 3.93. The van der Waals surface area contributed by atoms with Crippen molar-refractivity contribution in [2.45, 2.75) is 52.2 Å². The Kier molecular flexibility index (Phi) is 8.06. The molecule has 1 aliphatic rings. The standard InChI is InChI=1S/C20H34N4O/c1-5-24(4)13-12-22-20(21-3)23-15-17-11-10-16(2)14-19(17)25-18-8-6-7-9-18/h10-11,14,18H,5-9,12-13,15H2,1-4H3,(H2,21,22,23). The SMILES string of the molecule is CCN(C)CCNC(=NC)NCc1ccc(C)cc1OC1CCCC1. The Balaban J connectivity index is 1.89. The van der Waals surface area contributed by atoms with Crippen LogP contribution in [0, 0.1) is 6.92 Å². The number of hydrogen-bond donors (Lipinski definition) is 2. The van der Waals surface area contributed by atoms with Crippen molar-refractivity contribution in [3.8, 4) is 5.75 Å². The fraction of sp³-hybridized carbons (Fsp3) is 0.650. The van der Waals surface area contributed by atoms with Gasteiger partial charge in [0.25, 0.3) is 0 Å². The van der Waals surface area contributed by atoms with Gasteiger partial charge in [0.1, 0.15) is 5.75 Å². The van der Waals surface area contributed by atoms with Crippen LogP contribution in [0.4, 0.5) is 0 Å². The average Bonchev–Trinajstić information content (AvgIpc) is 3.12. The van der Waals surface area contributed by atoms with E-state index in [0.29, 0.717) is 12.6 Å². The number of aliphatic imine (C=N–C) groups is 1. The molecule has 0 heterocycles. The fourth-order valence-corrected chi connectivity index (χ4v) is 3.03. The lowest BCUT2D eigenvalue weighted by molar-refractivity contribution is 0.207. The molecule has 25 heavy (non-hydrogen) atoms. The minimum Gasteiger partial charge on any atom is -0.490 e. The highest BCUT2D eigenvalue weighted by Gasteiger charge is 2.18. The van der Waals surface area contributed by atoms with Gasteiger partial charge in [0, 0.05) is 32.2 Å². The van der Waals surface area contributed by atoms with Crippen molar-refractivity contribution in [3.05, 3.63) is 29.3 Å². The molecule has 0 amide bonds. The van der Waals surface area contributed by atoms with E-state index in [0.717, 1.165) is 31.3 Å². The number of rotatable bonds is 8. The van der Waals surface area contributed by atoms with Gasteiger partial charge in [0.2, 0.25) is 0 Å². The van der Waals surface area contributed by atoms with E-state index in [1.165, 1.54) is 36.8 Å². The van der Waals surface area contributed by atoms with Crippen molar-refractivity contribution >= 4 is 5.96 Å². The Bertz CT molecular complexity index is 553. The van der Waals surface area contributed by atoms with Gasteiger partial charge in [-0.25, -0.2) is 0 Å². The van der Waals surface area contributed by atoms with Crippen LogP contribution in [0.1, 0.15) is 43.7 Å². The van der Waals surface area contributed by atoms with Crippen LogP contribution < -0.4 is 15.4 Å². The highest BCUT2D eigenvalue weighted by Crippen LogP contribution is 2.27. The molecule has 0 aliphatic heterocycles. The topological polar surface area (TPSA) is 48.9 Å². The van der Waals surface area contributed by atoms with Gasteiger partial charge in [-0.3, -0.25) is 4.99 Å². The van der Waals surface area contributed by atoms with Gasteiger partial charge in [-0.1, -0.05) is 19.1 Å². The average molecular weight is 347 g/mol. The summed E-state index contributed by atoms with van der Waals surface area (Å²) in [5.41, 5.74) is 2.42. The molecule has 1 aromatic rings. The molecule has 0 atom stereocenters. The summed E-state index contributed by atoms with van der Waals surface area (Å²) in [6.45, 7) is 7.92. The van der Waals surface area contributed by atoms with Crippen molar-refractivity contribution in [1.82, 2.24) is 15.5 Å². The Morgan fingerprint density at radius 1 is 1.28 bits per heavy atom. The van der Waals surface area contributed by atoms with Crippen molar-refractivity contribution in [2.24, 2.45) is 4.99 Å². The van der Waals surface area contributed by atoms with Crippen LogP contribution in [0.2, 0.25) is 0 Å². The number of nitrogens with one attached hydrogen (secondary N) is 2. The summed E-state index contributed by atoms with van der Waals surface area (Å²) in [6.07, 6.45) is 5.30. The van der Waals surface area contributed by atoms with Crippen LogP contribution in [0.25, 0.3) is 0 Å². The summed E-state index contributed by atoms with van der Waals surface area (Å²) in [4.78, 5) is 6.58. The first-order chi connectivity index (χ1) is 12.1. The third-order valence-corrected chi connectivity index (χ3v) is 4.81. The van der Waals surface area contributed by atoms with Crippen molar-refractivity contribution in [1.29, 1.82) is 0 Å². The van der Waals surface area contributed by atoms with E-state index in [4.69, 9.17) is 4.74 Å². The largest absolute Gasteiger partial charge is 0.490 e. The third-order valence-electron chi connectivity index (χ3n) is 4.81. The predicted molar refractivity (Wildman–Crippen MR) is 105 cm³/mol. The van der Waals surface area contributed by atoms with Crippen molar-refractivity contribution in [3.63, 3.8) is 0 Å². The molecule has 0 aromatic heterocycles. The van der Waals surface area contributed by atoms with Gasteiger partial charge < -0.3 is 20.3 Å². The lowest BCUT2D eigenvalue weighted by Gasteiger charge is -2.19. The number of likely N-dealkylation sites (N-methyl/N-ethyl adjacent to an activating group) is 1. The van der Waals surface area contributed by atoms with Gasteiger partial charge in [0.15, 0.2) is 5.96 Å². The first kappa shape index (κ1) is 19.6. The molecule has 1 aliphatic carbocycles. The first-order valence-electron chi connectivity index (χ1n) is 9.51. The predicted octanol–water partition coefficient (Wildman–Crippen LogP) is 2.93. The molecule has 0 saturated heterocycles. The minimum absolute atomic E-state index is 0.377. The zero-order valence-electron chi connectivity index (χ0n) is 16.3. The van der Waals surface area contributed by atoms with Gasteiger partial charge >= 0.3 is 0 Å². The van der Waals surface area contributed by atoms with Crippen LogP contribution in [0.15, 0.2) is 23.2 Å². The summed E-state index contributed by atoms with van der Waals surface area (Å²) in [5.74, 6) is 1.84. The van der Waals surface area contributed by atoms with E-state index >= 15 is 0 Å². The summed E-state index contributed by atoms with van der Waals surface area (Å²) in [6, 6.07) is 6.46. The smallest absolute Gasteiger partial charge is 0.191 e. The highest BCUT2D eigenvalue weighted by atomic mass is 16.5. The molecular weight excluding hydrogens is 312 g/mol. The molecular formula is C20H34N4O. The van der Waals surface area contributed by atoms with Crippen molar-refractivity contribution < 1.29 is 4.74 Å². The first-order valence-corrected chi connectivity index (χ1v) is 9.51. The Hall–Kier alpha value is -1.75. The monoisotopic (exact) mass is 346 g/mol. The third kappa shape index (κ3) is 6.58. The van der Waals surface area contributed by atoms with E-state index < -0.39 is 0 Å². The normalized spacial score (nSPS) is 15.6. The van der Waals surface area contributed by atoms with Crippen LogP contribution in [0.5, 0.6) is 5.75 Å². The number of nitrogens with zero attached hydrogens (tertiary/aromatic N) is 2. The van der Waals surface area contributed by atoms with Gasteiger partial charge in [-0.2, -0.15) is 0 Å². The summed E-state index contributed by atoms with van der Waals surface area (Å²) < 4.78 is 6.27. The van der Waals surface area contributed by atoms with Crippen LogP contribution in [-0.2, 0) is 6.54 Å². The van der Waals surface area contributed by atoms with E-state index in [9.17, 15) is 0 Å². The molecule has 5 nitrogen and oxygen atoms in total. The number of ether oxygens (including phenoxy) is 1. The Morgan fingerprint density at radius 3 is 2.72 bits per heavy atom. The van der Waals surface area contributed by atoms with Crippen LogP contribution in [-0.4, -0.2) is 50.7 Å². The van der Waals surface area contributed by atoms with Gasteiger partial charge in [-0.15, -0.1) is 0 Å². The van der Waals surface area contributed by atoms with E-state index in [1.54, 1.807) is 0 Å². The summed E-state index contributed by atoms with van der Waals surface area (Å²) in [5, 5.41) is 6.77. The maximum Gasteiger partial charge on any atom is 0.191 e. The second kappa shape index (κ2) is 10.3. The van der Waals surface area contributed by atoms with Gasteiger partial charge in [-0.05, 0) is 57.8 Å². The lowest BCUT2D eigenvalue weighted by atomic mass is 10.1.